The molecule has 5 rings (SSSR count). The van der Waals surface area contributed by atoms with E-state index in [9.17, 15) is 24.5 Å². The van der Waals surface area contributed by atoms with Crippen molar-refractivity contribution in [2.45, 2.75) is 26.8 Å². The topological polar surface area (TPSA) is 143 Å². The van der Waals surface area contributed by atoms with Gasteiger partial charge in [-0.1, -0.05) is 49.4 Å². The van der Waals surface area contributed by atoms with Gasteiger partial charge in [-0.25, -0.2) is 14.6 Å². The lowest BCUT2D eigenvalue weighted by Crippen LogP contribution is -2.40. The Morgan fingerprint density at radius 3 is 2.51 bits per heavy atom. The Morgan fingerprint density at radius 2 is 1.84 bits per heavy atom. The van der Waals surface area contributed by atoms with Crippen molar-refractivity contribution in [1.29, 1.82) is 0 Å². The van der Waals surface area contributed by atoms with Crippen LogP contribution in [0.2, 0.25) is 0 Å². The zero-order valence-electron chi connectivity index (χ0n) is 23.7. The zero-order valence-corrected chi connectivity index (χ0v) is 24.5. The van der Waals surface area contributed by atoms with Gasteiger partial charge >= 0.3 is 11.9 Å². The summed E-state index contributed by atoms with van der Waals surface area (Å²) >= 11 is 1.12. The number of allylic oxidation sites excluding steroid dienone is 1. The highest BCUT2D eigenvalue weighted by molar-refractivity contribution is 7.07. The predicted octanol–water partition coefficient (Wildman–Crippen LogP) is 4.39. The number of benzene rings is 2. The molecule has 1 unspecified atom stereocenters. The Kier molecular flexibility index (Phi) is 8.22. The standard InChI is InChI=1S/C31H27N3O8S/c1-17(2)16-41-30(37)26-18(3)32-31-33(27(26)19-9-11-20(12-10-19)29(36)40-4)28(35)25(43-31)15-21-13-14-24(42-21)22-7-5-6-8-23(22)34(38)39/h5-15,17,27H,16H2,1-4H3. The summed E-state index contributed by atoms with van der Waals surface area (Å²) in [6.45, 7) is 5.71. The van der Waals surface area contributed by atoms with Crippen molar-refractivity contribution in [3.63, 3.8) is 0 Å². The molecule has 11 nitrogen and oxygen atoms in total. The lowest BCUT2D eigenvalue weighted by Gasteiger charge is -2.25. The zero-order chi connectivity index (χ0) is 30.8. The van der Waals surface area contributed by atoms with E-state index in [4.69, 9.17) is 13.9 Å². The second-order valence-corrected chi connectivity index (χ2v) is 11.2. The van der Waals surface area contributed by atoms with Gasteiger partial charge in [0, 0.05) is 12.1 Å². The van der Waals surface area contributed by atoms with E-state index in [0.717, 1.165) is 11.3 Å². The van der Waals surface area contributed by atoms with E-state index in [2.05, 4.69) is 4.99 Å². The van der Waals surface area contributed by atoms with Gasteiger partial charge in [-0.15, -0.1) is 0 Å². The van der Waals surface area contributed by atoms with Crippen molar-refractivity contribution in [3.05, 3.63) is 119 Å². The van der Waals surface area contributed by atoms with Gasteiger partial charge in [-0.3, -0.25) is 19.5 Å². The van der Waals surface area contributed by atoms with Crippen molar-refractivity contribution in [3.8, 4) is 11.3 Å². The quantitative estimate of drug-likeness (QED) is 0.164. The molecule has 1 aliphatic heterocycles. The van der Waals surface area contributed by atoms with Gasteiger partial charge in [0.2, 0.25) is 0 Å². The number of nitrogens with zero attached hydrogens (tertiary/aromatic N) is 3. The molecule has 0 N–H and O–H groups in total. The number of methoxy groups -OCH3 is 1. The summed E-state index contributed by atoms with van der Waals surface area (Å²) in [5.41, 5.74) is 1.29. The lowest BCUT2D eigenvalue weighted by molar-refractivity contribution is -0.384. The third-order valence-corrected chi connectivity index (χ3v) is 7.69. The molecule has 2 aromatic carbocycles. The molecule has 1 aliphatic rings. The van der Waals surface area contributed by atoms with E-state index in [0.29, 0.717) is 32.9 Å². The van der Waals surface area contributed by atoms with E-state index < -0.39 is 28.5 Å². The molecule has 43 heavy (non-hydrogen) atoms. The number of carbonyl (C=O) groups is 2. The first-order valence-electron chi connectivity index (χ1n) is 13.3. The highest BCUT2D eigenvalue weighted by Crippen LogP contribution is 2.32. The second kappa shape index (κ2) is 12.0. The largest absolute Gasteiger partial charge is 0.465 e. The van der Waals surface area contributed by atoms with Crippen LogP contribution in [0.15, 0.2) is 86.1 Å². The fourth-order valence-corrected chi connectivity index (χ4v) is 5.71. The molecule has 12 heteroatoms. The van der Waals surface area contributed by atoms with Crippen LogP contribution in [0, 0.1) is 16.0 Å². The number of hydrogen-bond donors (Lipinski definition) is 0. The monoisotopic (exact) mass is 601 g/mol. The molecule has 0 aliphatic carbocycles. The van der Waals surface area contributed by atoms with Crippen LogP contribution in [0.1, 0.15) is 48.5 Å². The number of thiazole rings is 1. The molecule has 2 aromatic heterocycles. The molecule has 220 valence electrons. The van der Waals surface area contributed by atoms with Crippen molar-refractivity contribution >= 4 is 35.0 Å². The van der Waals surface area contributed by atoms with E-state index in [-0.39, 0.29) is 34.1 Å². The van der Waals surface area contributed by atoms with Gasteiger partial charge in [0.15, 0.2) is 4.80 Å². The maximum Gasteiger partial charge on any atom is 0.338 e. The Balaban J connectivity index is 1.61. The number of para-hydroxylation sites is 1. The summed E-state index contributed by atoms with van der Waals surface area (Å²) in [5, 5.41) is 11.5. The molecule has 1 atom stereocenters. The van der Waals surface area contributed by atoms with E-state index in [1.807, 2.05) is 13.8 Å². The fourth-order valence-electron chi connectivity index (χ4n) is 4.68. The average molecular weight is 602 g/mol. The fraction of sp³-hybridized carbons (Fsp3) is 0.226. The minimum absolute atomic E-state index is 0.0966. The Hall–Kier alpha value is -5.10. The Morgan fingerprint density at radius 1 is 1.12 bits per heavy atom. The molecular formula is C31H27N3O8S. The number of furan rings is 1. The highest BCUT2D eigenvalue weighted by atomic mass is 32.1. The normalized spacial score (nSPS) is 14.8. The first-order chi connectivity index (χ1) is 20.6. The van der Waals surface area contributed by atoms with Gasteiger partial charge in [-0.2, -0.15) is 0 Å². The number of nitro groups is 1. The van der Waals surface area contributed by atoms with Crippen LogP contribution in [0.5, 0.6) is 0 Å². The molecule has 0 amide bonds. The number of carbonyl (C=O) groups excluding carboxylic acids is 2. The van der Waals surface area contributed by atoms with Crippen LogP contribution >= 0.6 is 11.3 Å². The summed E-state index contributed by atoms with van der Waals surface area (Å²) in [4.78, 5) is 55.2. The Labute approximate surface area is 249 Å². The molecule has 3 heterocycles. The number of fused-ring (bicyclic) bond motifs is 1. The SMILES string of the molecule is COC(=O)c1ccc(C2C(C(=O)OCC(C)C)=C(C)N=c3sc(=Cc4ccc(-c5ccccc5[N+](=O)[O-])o4)c(=O)n32)cc1. The van der Waals surface area contributed by atoms with Crippen LogP contribution in [0.4, 0.5) is 5.69 Å². The van der Waals surface area contributed by atoms with Gasteiger partial charge in [-0.05, 0) is 48.7 Å². The molecular weight excluding hydrogens is 574 g/mol. The van der Waals surface area contributed by atoms with Gasteiger partial charge in [0.05, 0.1) is 51.6 Å². The van der Waals surface area contributed by atoms with Crippen LogP contribution in [0.3, 0.4) is 0 Å². The Bertz CT molecular complexity index is 1950. The van der Waals surface area contributed by atoms with Crippen LogP contribution in [0.25, 0.3) is 17.4 Å². The first kappa shape index (κ1) is 29.4. The van der Waals surface area contributed by atoms with Gasteiger partial charge in [0.1, 0.15) is 11.5 Å². The third-order valence-electron chi connectivity index (χ3n) is 6.70. The molecule has 4 aromatic rings. The molecule has 0 saturated carbocycles. The third kappa shape index (κ3) is 5.82. The van der Waals surface area contributed by atoms with E-state index in [1.54, 1.807) is 61.5 Å². The second-order valence-electron chi connectivity index (χ2n) is 10.2. The number of esters is 2. The smallest absolute Gasteiger partial charge is 0.338 e. The molecule has 0 radical (unpaired) electrons. The number of aromatic nitrogens is 1. The molecule has 0 bridgehead atoms. The van der Waals surface area contributed by atoms with Crippen LogP contribution in [-0.4, -0.2) is 35.1 Å². The van der Waals surface area contributed by atoms with Gasteiger partial charge in [0.25, 0.3) is 11.2 Å². The maximum atomic E-state index is 13.9. The van der Waals surface area contributed by atoms with Crippen molar-refractivity contribution in [1.82, 2.24) is 4.57 Å². The van der Waals surface area contributed by atoms with Gasteiger partial charge < -0.3 is 13.9 Å². The molecule has 0 fully saturated rings. The number of nitro benzene ring substituents is 1. The van der Waals surface area contributed by atoms with E-state index in [1.165, 1.54) is 23.8 Å². The van der Waals surface area contributed by atoms with E-state index >= 15 is 0 Å². The van der Waals surface area contributed by atoms with Crippen LogP contribution in [-0.2, 0) is 14.3 Å². The molecule has 0 spiro atoms. The minimum atomic E-state index is -0.871. The number of hydrogen-bond acceptors (Lipinski definition) is 10. The summed E-state index contributed by atoms with van der Waals surface area (Å²) in [7, 11) is 1.28. The number of ether oxygens (including phenoxy) is 2. The number of rotatable bonds is 8. The summed E-state index contributed by atoms with van der Waals surface area (Å²) < 4.78 is 17.9. The molecule has 0 saturated heterocycles. The highest BCUT2D eigenvalue weighted by Gasteiger charge is 2.33. The first-order valence-corrected chi connectivity index (χ1v) is 14.1. The van der Waals surface area contributed by atoms with Crippen molar-refractivity contribution in [2.75, 3.05) is 13.7 Å². The average Bonchev–Trinajstić information content (AvgIpc) is 3.58. The van der Waals surface area contributed by atoms with Crippen molar-refractivity contribution < 1.29 is 28.4 Å². The maximum absolute atomic E-state index is 13.9. The summed E-state index contributed by atoms with van der Waals surface area (Å²) in [6.07, 6.45) is 1.54. The summed E-state index contributed by atoms with van der Waals surface area (Å²) in [5.74, 6) is -0.422. The minimum Gasteiger partial charge on any atom is -0.465 e. The lowest BCUT2D eigenvalue weighted by atomic mass is 9.95. The van der Waals surface area contributed by atoms with Crippen LogP contribution < -0.4 is 14.9 Å². The summed E-state index contributed by atoms with van der Waals surface area (Å²) in [6, 6.07) is 15.0. The predicted molar refractivity (Wildman–Crippen MR) is 158 cm³/mol. The van der Waals surface area contributed by atoms with Crippen molar-refractivity contribution in [2.24, 2.45) is 10.9 Å².